The second-order valence-corrected chi connectivity index (χ2v) is 6.69. The third-order valence-electron chi connectivity index (χ3n) is 4.81. The van der Waals surface area contributed by atoms with E-state index < -0.39 is 0 Å². The minimum absolute atomic E-state index is 0.131. The molecule has 0 spiro atoms. The van der Waals surface area contributed by atoms with Crippen molar-refractivity contribution in [1.82, 2.24) is 24.6 Å². The molecule has 0 N–H and O–H groups in total. The Balaban J connectivity index is 1.57. The molecule has 2 aromatic heterocycles. The van der Waals surface area contributed by atoms with Crippen molar-refractivity contribution in [2.24, 2.45) is 13.0 Å². The summed E-state index contributed by atoms with van der Waals surface area (Å²) < 4.78 is 6.46. The van der Waals surface area contributed by atoms with Crippen molar-refractivity contribution in [3.8, 4) is 5.88 Å². The largest absolute Gasteiger partial charge is 0.478 e. The maximum absolute atomic E-state index is 12.6. The number of aromatic nitrogens is 4. The van der Waals surface area contributed by atoms with Crippen LogP contribution in [0, 0.1) is 5.92 Å². The average molecular weight is 372 g/mol. The Hall–Kier alpha value is -2.97. The van der Waals surface area contributed by atoms with Gasteiger partial charge in [-0.25, -0.2) is 14.6 Å². The minimum atomic E-state index is -0.229. The summed E-state index contributed by atoms with van der Waals surface area (Å²) in [5, 5.41) is 4.05. The zero-order chi connectivity index (χ0) is 19.4. The van der Waals surface area contributed by atoms with Crippen LogP contribution in [0.25, 0.3) is 0 Å². The Bertz CT molecular complexity index is 860. The van der Waals surface area contributed by atoms with Gasteiger partial charge in [0, 0.05) is 52.2 Å². The van der Waals surface area contributed by atoms with Crippen LogP contribution in [0.1, 0.15) is 23.3 Å². The van der Waals surface area contributed by atoms with E-state index in [0.29, 0.717) is 36.4 Å². The molecule has 0 unspecified atom stereocenters. The number of likely N-dealkylation sites (tertiary alicyclic amines) is 1. The lowest BCUT2D eigenvalue weighted by Crippen LogP contribution is -2.42. The van der Waals surface area contributed by atoms with Gasteiger partial charge in [0.25, 0.3) is 17.3 Å². The highest BCUT2D eigenvalue weighted by molar-refractivity contribution is 5.92. The molecule has 0 atom stereocenters. The molecule has 3 rings (SSSR count). The van der Waals surface area contributed by atoms with Crippen LogP contribution in [0.5, 0.6) is 5.88 Å². The van der Waals surface area contributed by atoms with Crippen LogP contribution in [0.3, 0.4) is 0 Å². The number of hydrogen-bond acceptors (Lipinski definition) is 7. The molecule has 0 bridgehead atoms. The maximum Gasteiger partial charge on any atom is 0.274 e. The number of rotatable bonds is 5. The Labute approximate surface area is 157 Å². The number of aryl methyl sites for hydroxylation is 1. The van der Waals surface area contributed by atoms with Gasteiger partial charge >= 0.3 is 0 Å². The first-order valence-corrected chi connectivity index (χ1v) is 8.89. The SMILES string of the molecule is COc1nccnc1N(C)CC1CCN(C(=O)c2ccc(=O)n(C)n2)CC1. The van der Waals surface area contributed by atoms with E-state index in [1.54, 1.807) is 31.5 Å². The Morgan fingerprint density at radius 1 is 1.26 bits per heavy atom. The van der Waals surface area contributed by atoms with Crippen molar-refractivity contribution >= 4 is 11.7 Å². The van der Waals surface area contributed by atoms with Crippen molar-refractivity contribution in [2.75, 3.05) is 38.7 Å². The van der Waals surface area contributed by atoms with Crippen LogP contribution in [-0.4, -0.2) is 64.3 Å². The number of anilines is 1. The third kappa shape index (κ3) is 4.24. The quantitative estimate of drug-likeness (QED) is 0.757. The summed E-state index contributed by atoms with van der Waals surface area (Å²) in [6.07, 6.45) is 5.04. The van der Waals surface area contributed by atoms with E-state index >= 15 is 0 Å². The summed E-state index contributed by atoms with van der Waals surface area (Å²) in [5.74, 6) is 1.54. The van der Waals surface area contributed by atoms with Gasteiger partial charge in [-0.15, -0.1) is 0 Å². The molecule has 3 heterocycles. The average Bonchev–Trinajstić information content (AvgIpc) is 2.70. The molecule has 2 aromatic rings. The molecule has 0 radical (unpaired) electrons. The fraction of sp³-hybridized carbons (Fsp3) is 0.500. The summed E-state index contributed by atoms with van der Waals surface area (Å²) in [6, 6.07) is 2.86. The first-order chi connectivity index (χ1) is 13.0. The number of hydrogen-bond donors (Lipinski definition) is 0. The van der Waals surface area contributed by atoms with E-state index in [2.05, 4.69) is 15.1 Å². The van der Waals surface area contributed by atoms with Crippen LogP contribution >= 0.6 is 0 Å². The van der Waals surface area contributed by atoms with Crippen molar-refractivity contribution in [3.63, 3.8) is 0 Å². The van der Waals surface area contributed by atoms with E-state index in [4.69, 9.17) is 4.74 Å². The van der Waals surface area contributed by atoms with Crippen LogP contribution in [-0.2, 0) is 7.05 Å². The maximum atomic E-state index is 12.6. The molecule has 1 fully saturated rings. The fourth-order valence-electron chi connectivity index (χ4n) is 3.29. The molecular formula is C18H24N6O3. The van der Waals surface area contributed by atoms with Gasteiger partial charge in [-0.05, 0) is 24.8 Å². The number of amides is 1. The summed E-state index contributed by atoms with van der Waals surface area (Å²) in [6.45, 7) is 2.15. The Kier molecular flexibility index (Phi) is 5.68. The van der Waals surface area contributed by atoms with E-state index in [1.165, 1.54) is 16.8 Å². The first-order valence-electron chi connectivity index (χ1n) is 8.89. The van der Waals surface area contributed by atoms with Gasteiger partial charge in [-0.2, -0.15) is 5.10 Å². The van der Waals surface area contributed by atoms with E-state index in [9.17, 15) is 9.59 Å². The lowest BCUT2D eigenvalue weighted by Gasteiger charge is -2.34. The van der Waals surface area contributed by atoms with Crippen LogP contribution in [0.15, 0.2) is 29.3 Å². The molecule has 27 heavy (non-hydrogen) atoms. The van der Waals surface area contributed by atoms with Gasteiger partial charge in [0.15, 0.2) is 5.82 Å². The van der Waals surface area contributed by atoms with E-state index in [-0.39, 0.29) is 11.5 Å². The predicted molar refractivity (Wildman–Crippen MR) is 100.0 cm³/mol. The number of nitrogens with zero attached hydrogens (tertiary/aromatic N) is 6. The molecule has 0 aromatic carbocycles. The molecule has 1 saturated heterocycles. The van der Waals surface area contributed by atoms with E-state index in [1.807, 2.05) is 11.9 Å². The lowest BCUT2D eigenvalue weighted by molar-refractivity contribution is 0.0684. The topological polar surface area (TPSA) is 93.5 Å². The summed E-state index contributed by atoms with van der Waals surface area (Å²) in [4.78, 5) is 36.4. The zero-order valence-electron chi connectivity index (χ0n) is 15.8. The number of methoxy groups -OCH3 is 1. The Morgan fingerprint density at radius 2 is 1.96 bits per heavy atom. The highest BCUT2D eigenvalue weighted by atomic mass is 16.5. The monoisotopic (exact) mass is 372 g/mol. The van der Waals surface area contributed by atoms with Gasteiger partial charge in [0.05, 0.1) is 7.11 Å². The number of carbonyl (C=O) groups excluding carboxylic acids is 1. The van der Waals surface area contributed by atoms with Gasteiger partial charge < -0.3 is 14.5 Å². The predicted octanol–water partition coefficient (Wildman–Crippen LogP) is 0.568. The van der Waals surface area contributed by atoms with Crippen molar-refractivity contribution in [1.29, 1.82) is 0 Å². The summed E-state index contributed by atoms with van der Waals surface area (Å²) in [5.41, 5.74) is 0.0738. The van der Waals surface area contributed by atoms with Crippen molar-refractivity contribution < 1.29 is 9.53 Å². The minimum Gasteiger partial charge on any atom is -0.478 e. The normalized spacial score (nSPS) is 14.9. The van der Waals surface area contributed by atoms with Gasteiger partial charge in [0.2, 0.25) is 0 Å². The Morgan fingerprint density at radius 3 is 2.63 bits per heavy atom. The first kappa shape index (κ1) is 18.8. The molecule has 144 valence electrons. The second kappa shape index (κ2) is 8.15. The van der Waals surface area contributed by atoms with Crippen LogP contribution in [0.4, 0.5) is 5.82 Å². The molecule has 0 aliphatic carbocycles. The number of piperidine rings is 1. The smallest absolute Gasteiger partial charge is 0.274 e. The van der Waals surface area contributed by atoms with E-state index in [0.717, 1.165) is 19.4 Å². The van der Waals surface area contributed by atoms with Crippen LogP contribution in [0.2, 0.25) is 0 Å². The highest BCUT2D eigenvalue weighted by Crippen LogP contribution is 2.25. The molecule has 1 aliphatic rings. The lowest BCUT2D eigenvalue weighted by atomic mass is 9.96. The molecule has 1 amide bonds. The van der Waals surface area contributed by atoms with Gasteiger partial charge in [0.1, 0.15) is 5.69 Å². The second-order valence-electron chi connectivity index (χ2n) is 6.69. The molecule has 9 nitrogen and oxygen atoms in total. The number of carbonyl (C=O) groups is 1. The van der Waals surface area contributed by atoms with Gasteiger partial charge in [-0.3, -0.25) is 9.59 Å². The standard InChI is InChI=1S/C18H24N6O3/c1-22(16-17(27-3)20-9-8-19-16)12-13-6-10-24(11-7-13)18(26)14-4-5-15(25)23(2)21-14/h4-5,8-9,13H,6-7,10-12H2,1-3H3. The number of ether oxygens (including phenoxy) is 1. The molecule has 1 aliphatic heterocycles. The van der Waals surface area contributed by atoms with Crippen LogP contribution < -0.4 is 15.2 Å². The highest BCUT2D eigenvalue weighted by Gasteiger charge is 2.26. The van der Waals surface area contributed by atoms with Crippen molar-refractivity contribution in [2.45, 2.75) is 12.8 Å². The molecule has 9 heteroatoms. The summed E-state index contributed by atoms with van der Waals surface area (Å²) in [7, 11) is 5.10. The third-order valence-corrected chi connectivity index (χ3v) is 4.81. The van der Waals surface area contributed by atoms with Crippen molar-refractivity contribution in [3.05, 3.63) is 40.6 Å². The molecular weight excluding hydrogens is 348 g/mol. The fourth-order valence-corrected chi connectivity index (χ4v) is 3.29. The summed E-state index contributed by atoms with van der Waals surface area (Å²) >= 11 is 0. The zero-order valence-corrected chi connectivity index (χ0v) is 15.8. The van der Waals surface area contributed by atoms with Gasteiger partial charge in [-0.1, -0.05) is 0 Å². The molecule has 0 saturated carbocycles.